The summed E-state index contributed by atoms with van der Waals surface area (Å²) in [6.45, 7) is 0.597. The fourth-order valence-corrected chi connectivity index (χ4v) is 3.05. The summed E-state index contributed by atoms with van der Waals surface area (Å²) < 4.78 is 22.5. The second-order valence-corrected chi connectivity index (χ2v) is 7.50. The number of nitrogens with one attached hydrogen (secondary N) is 2. The molecule has 1 aromatic heterocycles. The third-order valence-corrected chi connectivity index (χ3v) is 4.88. The van der Waals surface area contributed by atoms with Crippen LogP contribution >= 0.6 is 0 Å². The van der Waals surface area contributed by atoms with E-state index in [1.807, 2.05) is 6.07 Å². The van der Waals surface area contributed by atoms with Gasteiger partial charge in [-0.25, -0.2) is 23.5 Å². The molecule has 3 rings (SSSR count). The van der Waals surface area contributed by atoms with Crippen LogP contribution in [0.5, 0.6) is 0 Å². The number of hydrogen-bond donors (Lipinski definition) is 3. The Morgan fingerprint density at radius 2 is 1.75 bits per heavy atom. The molecule has 0 saturated carbocycles. The molecule has 3 aromatic rings. The van der Waals surface area contributed by atoms with E-state index in [-0.39, 0.29) is 4.90 Å². The summed E-state index contributed by atoms with van der Waals surface area (Å²) in [5.41, 5.74) is 2.17. The van der Waals surface area contributed by atoms with Crippen molar-refractivity contribution in [2.75, 3.05) is 17.2 Å². The summed E-state index contributed by atoms with van der Waals surface area (Å²) in [4.78, 5) is 8.44. The van der Waals surface area contributed by atoms with Crippen LogP contribution in [0.15, 0.2) is 65.8 Å². The summed E-state index contributed by atoms with van der Waals surface area (Å²) in [5, 5.41) is 20.6. The predicted octanol–water partition coefficient (Wildman–Crippen LogP) is 2.39. The molecule has 0 spiro atoms. The Morgan fingerprint density at radius 3 is 2.46 bits per heavy atom. The highest BCUT2D eigenvalue weighted by Gasteiger charge is 2.07. The van der Waals surface area contributed by atoms with Gasteiger partial charge in [-0.05, 0) is 36.2 Å². The van der Waals surface area contributed by atoms with Crippen LogP contribution in [0.4, 0.5) is 17.3 Å². The molecule has 0 aliphatic heterocycles. The van der Waals surface area contributed by atoms with Gasteiger partial charge in [-0.15, -0.1) is 0 Å². The standard InChI is InChI=1S/C19H18N6O2S/c20-12-15-3-1-2-4-17(15)25-19-11-18(23-13-24-19)22-10-9-14-5-7-16(8-6-14)28(21,26)27/h1-8,11,13H,9-10H2,(H2,21,26,27)(H2,22,23,24,25). The Labute approximate surface area is 163 Å². The lowest BCUT2D eigenvalue weighted by Gasteiger charge is -2.10. The molecule has 0 fully saturated rings. The van der Waals surface area contributed by atoms with Gasteiger partial charge in [0.2, 0.25) is 10.0 Å². The van der Waals surface area contributed by atoms with E-state index in [0.717, 1.165) is 5.56 Å². The molecule has 0 radical (unpaired) electrons. The van der Waals surface area contributed by atoms with Crippen molar-refractivity contribution in [3.05, 3.63) is 72.1 Å². The minimum absolute atomic E-state index is 0.0911. The van der Waals surface area contributed by atoms with Crippen LogP contribution < -0.4 is 15.8 Å². The second-order valence-electron chi connectivity index (χ2n) is 5.94. The molecule has 0 saturated heterocycles. The Balaban J connectivity index is 1.60. The smallest absolute Gasteiger partial charge is 0.238 e. The van der Waals surface area contributed by atoms with Gasteiger partial charge in [-0.3, -0.25) is 0 Å². The van der Waals surface area contributed by atoms with Crippen molar-refractivity contribution in [1.82, 2.24) is 9.97 Å². The summed E-state index contributed by atoms with van der Waals surface area (Å²) in [6.07, 6.45) is 2.11. The van der Waals surface area contributed by atoms with Gasteiger partial charge in [0.15, 0.2) is 0 Å². The number of nitrogens with two attached hydrogens (primary N) is 1. The molecule has 142 valence electrons. The van der Waals surface area contributed by atoms with Crippen molar-refractivity contribution >= 4 is 27.3 Å². The summed E-state index contributed by atoms with van der Waals surface area (Å²) in [5.74, 6) is 1.20. The van der Waals surface area contributed by atoms with Gasteiger partial charge in [0.05, 0.1) is 16.1 Å². The highest BCUT2D eigenvalue weighted by molar-refractivity contribution is 7.89. The van der Waals surface area contributed by atoms with Crippen molar-refractivity contribution in [3.8, 4) is 6.07 Å². The number of benzene rings is 2. The number of para-hydroxylation sites is 1. The molecule has 0 bridgehead atoms. The third-order valence-electron chi connectivity index (χ3n) is 3.95. The van der Waals surface area contributed by atoms with Crippen LogP contribution in [0, 0.1) is 11.3 Å². The van der Waals surface area contributed by atoms with Gasteiger partial charge in [0.1, 0.15) is 24.0 Å². The third kappa shape index (κ3) is 5.03. The summed E-state index contributed by atoms with van der Waals surface area (Å²) in [6, 6.07) is 17.5. The Hall–Kier alpha value is -3.48. The molecule has 0 aliphatic carbocycles. The van der Waals surface area contributed by atoms with E-state index >= 15 is 0 Å². The van der Waals surface area contributed by atoms with Crippen LogP contribution in [-0.2, 0) is 16.4 Å². The minimum Gasteiger partial charge on any atom is -0.370 e. The van der Waals surface area contributed by atoms with E-state index in [2.05, 4.69) is 26.7 Å². The van der Waals surface area contributed by atoms with Crippen molar-refractivity contribution in [3.63, 3.8) is 0 Å². The maximum atomic E-state index is 11.3. The van der Waals surface area contributed by atoms with Crippen molar-refractivity contribution in [2.24, 2.45) is 5.14 Å². The Bertz CT molecular complexity index is 1110. The molecule has 0 atom stereocenters. The fourth-order valence-electron chi connectivity index (χ4n) is 2.53. The molecule has 28 heavy (non-hydrogen) atoms. The number of primary sulfonamides is 1. The lowest BCUT2D eigenvalue weighted by Crippen LogP contribution is -2.12. The molecule has 1 heterocycles. The predicted molar refractivity (Wildman–Crippen MR) is 106 cm³/mol. The van der Waals surface area contributed by atoms with Gasteiger partial charge in [0.25, 0.3) is 0 Å². The number of nitriles is 1. The zero-order chi connectivity index (χ0) is 20.0. The maximum Gasteiger partial charge on any atom is 0.238 e. The maximum absolute atomic E-state index is 11.3. The molecule has 0 amide bonds. The van der Waals surface area contributed by atoms with Gasteiger partial charge in [-0.1, -0.05) is 24.3 Å². The SMILES string of the molecule is N#Cc1ccccc1Nc1cc(NCCc2ccc(S(N)(=O)=O)cc2)ncn1. The zero-order valence-electron chi connectivity index (χ0n) is 14.8. The number of sulfonamides is 1. The summed E-state index contributed by atoms with van der Waals surface area (Å²) in [7, 11) is -3.68. The van der Waals surface area contributed by atoms with E-state index in [4.69, 9.17) is 10.4 Å². The first-order valence-electron chi connectivity index (χ1n) is 8.39. The van der Waals surface area contributed by atoms with E-state index < -0.39 is 10.0 Å². The van der Waals surface area contributed by atoms with Crippen LogP contribution in [0.1, 0.15) is 11.1 Å². The lowest BCUT2D eigenvalue weighted by atomic mass is 10.1. The van der Waals surface area contributed by atoms with Gasteiger partial charge in [0, 0.05) is 12.6 Å². The molecule has 9 heteroatoms. The number of anilines is 3. The molecular weight excluding hydrogens is 376 g/mol. The first kappa shape index (κ1) is 19.3. The topological polar surface area (TPSA) is 134 Å². The van der Waals surface area contributed by atoms with Crippen LogP contribution in [0.3, 0.4) is 0 Å². The first-order chi connectivity index (χ1) is 13.5. The number of nitrogens with zero attached hydrogens (tertiary/aromatic N) is 3. The highest BCUT2D eigenvalue weighted by Crippen LogP contribution is 2.19. The van der Waals surface area contributed by atoms with Crippen molar-refractivity contribution in [2.45, 2.75) is 11.3 Å². The number of hydrogen-bond acceptors (Lipinski definition) is 7. The molecule has 2 aromatic carbocycles. The Kier molecular flexibility index (Phi) is 5.84. The quantitative estimate of drug-likeness (QED) is 0.560. The van der Waals surface area contributed by atoms with Crippen molar-refractivity contribution < 1.29 is 8.42 Å². The Morgan fingerprint density at radius 1 is 1.04 bits per heavy atom. The number of rotatable bonds is 7. The number of aromatic nitrogens is 2. The first-order valence-corrected chi connectivity index (χ1v) is 9.94. The average molecular weight is 394 g/mol. The molecule has 0 aliphatic rings. The molecular formula is C19H18N6O2S. The average Bonchev–Trinajstić information content (AvgIpc) is 2.68. The van der Waals surface area contributed by atoms with Gasteiger partial charge in [-0.2, -0.15) is 5.26 Å². The molecule has 8 nitrogen and oxygen atoms in total. The van der Waals surface area contributed by atoms with E-state index in [1.54, 1.807) is 36.4 Å². The largest absolute Gasteiger partial charge is 0.370 e. The van der Waals surface area contributed by atoms with Gasteiger partial charge >= 0.3 is 0 Å². The van der Waals surface area contributed by atoms with Crippen LogP contribution in [0.2, 0.25) is 0 Å². The zero-order valence-corrected chi connectivity index (χ0v) is 15.6. The fraction of sp³-hybridized carbons (Fsp3) is 0.105. The van der Waals surface area contributed by atoms with E-state index in [0.29, 0.717) is 35.9 Å². The van der Waals surface area contributed by atoms with Crippen LogP contribution in [0.25, 0.3) is 0 Å². The van der Waals surface area contributed by atoms with Crippen molar-refractivity contribution in [1.29, 1.82) is 5.26 Å². The normalized spacial score (nSPS) is 10.9. The highest BCUT2D eigenvalue weighted by atomic mass is 32.2. The van der Waals surface area contributed by atoms with Gasteiger partial charge < -0.3 is 10.6 Å². The monoisotopic (exact) mass is 394 g/mol. The van der Waals surface area contributed by atoms with Crippen LogP contribution in [-0.4, -0.2) is 24.9 Å². The minimum atomic E-state index is -3.68. The second kappa shape index (κ2) is 8.47. The van der Waals surface area contributed by atoms with E-state index in [1.165, 1.54) is 18.5 Å². The lowest BCUT2D eigenvalue weighted by molar-refractivity contribution is 0.598. The summed E-state index contributed by atoms with van der Waals surface area (Å²) >= 11 is 0. The molecule has 4 N–H and O–H groups in total. The molecule has 0 unspecified atom stereocenters. The van der Waals surface area contributed by atoms with E-state index in [9.17, 15) is 8.42 Å².